The Balaban J connectivity index is 1.84. The molecule has 4 heteroatoms. The van der Waals surface area contributed by atoms with Crippen LogP contribution in [0.5, 0.6) is 11.5 Å². The van der Waals surface area contributed by atoms with Crippen molar-refractivity contribution in [3.63, 3.8) is 0 Å². The third-order valence-corrected chi connectivity index (χ3v) is 3.92. The van der Waals surface area contributed by atoms with E-state index in [0.717, 1.165) is 31.0 Å². The molecule has 0 unspecified atom stereocenters. The maximum Gasteiger partial charge on any atom is 0.123 e. The maximum absolute atomic E-state index is 5.78. The maximum atomic E-state index is 5.78. The fourth-order valence-electron chi connectivity index (χ4n) is 1.83. The Labute approximate surface area is 124 Å². The van der Waals surface area contributed by atoms with Gasteiger partial charge in [-0.1, -0.05) is 13.0 Å². The average molecular weight is 291 g/mol. The normalized spacial score (nSPS) is 10.5. The van der Waals surface area contributed by atoms with Crippen molar-refractivity contribution < 1.29 is 9.47 Å². The molecule has 0 saturated heterocycles. The fourth-order valence-corrected chi connectivity index (χ4v) is 2.73. The summed E-state index contributed by atoms with van der Waals surface area (Å²) in [4.78, 5) is 2.59. The van der Waals surface area contributed by atoms with Gasteiger partial charge in [-0.05, 0) is 37.2 Å². The molecular weight excluding hydrogens is 270 g/mol. The van der Waals surface area contributed by atoms with Gasteiger partial charge in [0.2, 0.25) is 0 Å². The molecule has 1 heterocycles. The highest BCUT2D eigenvalue weighted by molar-refractivity contribution is 7.11. The molecule has 0 amide bonds. The van der Waals surface area contributed by atoms with E-state index in [0.29, 0.717) is 6.61 Å². The summed E-state index contributed by atoms with van der Waals surface area (Å²) >= 11 is 1.79. The van der Waals surface area contributed by atoms with E-state index in [4.69, 9.17) is 9.47 Å². The van der Waals surface area contributed by atoms with E-state index in [-0.39, 0.29) is 0 Å². The zero-order chi connectivity index (χ0) is 14.2. The Kier molecular flexibility index (Phi) is 5.89. The molecule has 0 bridgehead atoms. The number of thiophene rings is 1. The zero-order valence-electron chi connectivity index (χ0n) is 12.0. The van der Waals surface area contributed by atoms with Gasteiger partial charge in [0.1, 0.15) is 18.1 Å². The molecule has 1 aromatic carbocycles. The van der Waals surface area contributed by atoms with Gasteiger partial charge in [-0.15, -0.1) is 11.3 Å². The van der Waals surface area contributed by atoms with Crippen LogP contribution in [0.15, 0.2) is 36.4 Å². The Hall–Kier alpha value is -1.52. The molecule has 2 rings (SSSR count). The molecule has 0 atom stereocenters. The minimum atomic E-state index is 0.603. The first-order chi connectivity index (χ1) is 9.81. The van der Waals surface area contributed by atoms with Gasteiger partial charge in [-0.25, -0.2) is 0 Å². The van der Waals surface area contributed by atoms with Gasteiger partial charge in [-0.2, -0.15) is 0 Å². The summed E-state index contributed by atoms with van der Waals surface area (Å²) < 4.78 is 11.0. The minimum absolute atomic E-state index is 0.603. The monoisotopic (exact) mass is 291 g/mol. The van der Waals surface area contributed by atoms with Gasteiger partial charge in [0.05, 0.1) is 7.11 Å². The molecule has 0 fully saturated rings. The molecular formula is C16H21NO2S. The van der Waals surface area contributed by atoms with Crippen molar-refractivity contribution >= 4 is 11.3 Å². The van der Waals surface area contributed by atoms with E-state index in [9.17, 15) is 0 Å². The Morgan fingerprint density at radius 3 is 2.70 bits per heavy atom. The van der Waals surface area contributed by atoms with Gasteiger partial charge < -0.3 is 14.8 Å². The van der Waals surface area contributed by atoms with Crippen LogP contribution in [0.4, 0.5) is 0 Å². The van der Waals surface area contributed by atoms with Crippen molar-refractivity contribution in [1.82, 2.24) is 5.32 Å². The molecule has 0 aliphatic carbocycles. The predicted molar refractivity (Wildman–Crippen MR) is 83.6 cm³/mol. The lowest BCUT2D eigenvalue weighted by molar-refractivity contribution is 0.307. The molecule has 0 radical (unpaired) electrons. The van der Waals surface area contributed by atoms with Crippen LogP contribution in [0.1, 0.15) is 23.1 Å². The number of rotatable bonds is 8. The van der Waals surface area contributed by atoms with Gasteiger partial charge in [-0.3, -0.25) is 0 Å². The molecule has 2 aromatic rings. The van der Waals surface area contributed by atoms with Crippen LogP contribution in [0.2, 0.25) is 0 Å². The van der Waals surface area contributed by atoms with Crippen molar-refractivity contribution in [2.24, 2.45) is 0 Å². The first kappa shape index (κ1) is 14.9. The molecule has 0 saturated carbocycles. The summed E-state index contributed by atoms with van der Waals surface area (Å²) in [5.74, 6) is 1.65. The van der Waals surface area contributed by atoms with Gasteiger partial charge >= 0.3 is 0 Å². The SMILES string of the molecule is CCCNCc1ccc(COc2cccc(OC)c2)s1. The summed E-state index contributed by atoms with van der Waals surface area (Å²) in [6.07, 6.45) is 1.16. The van der Waals surface area contributed by atoms with Crippen molar-refractivity contribution in [3.05, 3.63) is 46.2 Å². The Morgan fingerprint density at radius 1 is 1.10 bits per heavy atom. The smallest absolute Gasteiger partial charge is 0.123 e. The van der Waals surface area contributed by atoms with E-state index >= 15 is 0 Å². The summed E-state index contributed by atoms with van der Waals surface area (Å²) in [6, 6.07) is 12.0. The molecule has 3 nitrogen and oxygen atoms in total. The van der Waals surface area contributed by atoms with Crippen LogP contribution >= 0.6 is 11.3 Å². The topological polar surface area (TPSA) is 30.5 Å². The molecule has 108 valence electrons. The second-order valence-corrected chi connectivity index (χ2v) is 5.77. The number of hydrogen-bond acceptors (Lipinski definition) is 4. The standard InChI is InChI=1S/C16H21NO2S/c1-3-9-17-11-15-7-8-16(20-15)12-19-14-6-4-5-13(10-14)18-2/h4-8,10,17H,3,9,11-12H2,1-2H3. The predicted octanol–water partition coefficient (Wildman–Crippen LogP) is 3.84. The highest BCUT2D eigenvalue weighted by Gasteiger charge is 2.02. The second kappa shape index (κ2) is 7.92. The van der Waals surface area contributed by atoms with Crippen LogP contribution in [0.3, 0.4) is 0 Å². The second-order valence-electron chi connectivity index (χ2n) is 4.51. The van der Waals surface area contributed by atoms with Crippen molar-refractivity contribution in [1.29, 1.82) is 0 Å². The van der Waals surface area contributed by atoms with Crippen LogP contribution in [0, 0.1) is 0 Å². The highest BCUT2D eigenvalue weighted by Crippen LogP contribution is 2.22. The first-order valence-electron chi connectivity index (χ1n) is 6.87. The first-order valence-corrected chi connectivity index (χ1v) is 7.68. The van der Waals surface area contributed by atoms with Gasteiger partial charge in [0.25, 0.3) is 0 Å². The molecule has 0 spiro atoms. The van der Waals surface area contributed by atoms with E-state index in [1.165, 1.54) is 9.75 Å². The lowest BCUT2D eigenvalue weighted by Gasteiger charge is -2.06. The Morgan fingerprint density at radius 2 is 1.90 bits per heavy atom. The third kappa shape index (κ3) is 4.54. The highest BCUT2D eigenvalue weighted by atomic mass is 32.1. The molecule has 0 aliphatic heterocycles. The zero-order valence-corrected chi connectivity index (χ0v) is 12.8. The lowest BCUT2D eigenvalue weighted by Crippen LogP contribution is -2.12. The van der Waals surface area contributed by atoms with Gasteiger partial charge in [0.15, 0.2) is 0 Å². The van der Waals surface area contributed by atoms with Crippen molar-refractivity contribution in [3.8, 4) is 11.5 Å². The number of hydrogen-bond donors (Lipinski definition) is 1. The summed E-state index contributed by atoms with van der Waals surface area (Å²) in [5, 5.41) is 3.41. The minimum Gasteiger partial charge on any atom is -0.497 e. The molecule has 1 aromatic heterocycles. The lowest BCUT2D eigenvalue weighted by atomic mass is 10.3. The summed E-state index contributed by atoms with van der Waals surface area (Å²) in [5.41, 5.74) is 0. The number of ether oxygens (including phenoxy) is 2. The molecule has 1 N–H and O–H groups in total. The van der Waals surface area contributed by atoms with Crippen LogP contribution < -0.4 is 14.8 Å². The third-order valence-electron chi connectivity index (χ3n) is 2.87. The number of benzene rings is 1. The molecule has 0 aliphatic rings. The van der Waals surface area contributed by atoms with E-state index in [1.54, 1.807) is 18.4 Å². The van der Waals surface area contributed by atoms with E-state index < -0.39 is 0 Å². The number of methoxy groups -OCH3 is 1. The van der Waals surface area contributed by atoms with Gasteiger partial charge in [0, 0.05) is 22.4 Å². The Bertz CT molecular complexity index is 525. The van der Waals surface area contributed by atoms with Crippen LogP contribution in [-0.4, -0.2) is 13.7 Å². The van der Waals surface area contributed by atoms with Crippen LogP contribution in [-0.2, 0) is 13.2 Å². The van der Waals surface area contributed by atoms with E-state index in [1.807, 2.05) is 24.3 Å². The average Bonchev–Trinajstić information content (AvgIpc) is 2.94. The largest absolute Gasteiger partial charge is 0.497 e. The van der Waals surface area contributed by atoms with Crippen molar-refractivity contribution in [2.75, 3.05) is 13.7 Å². The van der Waals surface area contributed by atoms with Crippen molar-refractivity contribution in [2.45, 2.75) is 26.5 Å². The summed E-state index contributed by atoms with van der Waals surface area (Å²) in [7, 11) is 1.66. The quantitative estimate of drug-likeness (QED) is 0.750. The fraction of sp³-hybridized carbons (Fsp3) is 0.375. The number of nitrogens with one attached hydrogen (secondary N) is 1. The molecule has 20 heavy (non-hydrogen) atoms. The van der Waals surface area contributed by atoms with E-state index in [2.05, 4.69) is 24.4 Å². The summed E-state index contributed by atoms with van der Waals surface area (Å²) in [6.45, 7) is 4.78. The van der Waals surface area contributed by atoms with Crippen LogP contribution in [0.25, 0.3) is 0 Å².